The number of nitrogens with one attached hydrogen (secondary N) is 1. The smallest absolute Gasteiger partial charge is 0.308 e. The number of aromatic nitrogens is 4. The van der Waals surface area contributed by atoms with Crippen LogP contribution in [0.3, 0.4) is 0 Å². The predicted molar refractivity (Wildman–Crippen MR) is 114 cm³/mol. The van der Waals surface area contributed by atoms with Crippen molar-refractivity contribution in [2.75, 3.05) is 5.32 Å². The largest absolute Gasteiger partial charge is 0.417 e. The lowest BCUT2D eigenvalue weighted by Crippen LogP contribution is -2.24. The van der Waals surface area contributed by atoms with E-state index in [9.17, 15) is 18.0 Å². The summed E-state index contributed by atoms with van der Waals surface area (Å²) in [6, 6.07) is 5.09. The van der Waals surface area contributed by atoms with Gasteiger partial charge in [0.25, 0.3) is 0 Å². The second kappa shape index (κ2) is 8.79. The highest BCUT2D eigenvalue weighted by molar-refractivity contribution is 8.00. The van der Waals surface area contributed by atoms with Crippen molar-refractivity contribution in [2.24, 2.45) is 0 Å². The van der Waals surface area contributed by atoms with Gasteiger partial charge in [-0.1, -0.05) is 29.4 Å². The van der Waals surface area contributed by atoms with E-state index >= 15 is 0 Å². The number of amides is 1. The minimum Gasteiger partial charge on any atom is -0.308 e. The van der Waals surface area contributed by atoms with Gasteiger partial charge in [-0.25, -0.2) is 4.98 Å². The second-order valence-corrected chi connectivity index (χ2v) is 9.81. The Morgan fingerprint density at radius 3 is 2.81 bits per heavy atom. The van der Waals surface area contributed by atoms with Gasteiger partial charge < -0.3 is 9.88 Å². The van der Waals surface area contributed by atoms with E-state index in [4.69, 9.17) is 11.6 Å². The first-order valence-corrected chi connectivity index (χ1v) is 11.5. The molecule has 0 spiro atoms. The van der Waals surface area contributed by atoms with Gasteiger partial charge in [0.1, 0.15) is 5.82 Å². The molecule has 1 fully saturated rings. The molecule has 1 aliphatic carbocycles. The number of pyridine rings is 1. The quantitative estimate of drug-likeness (QED) is 0.448. The molecule has 1 unspecified atom stereocenters. The summed E-state index contributed by atoms with van der Waals surface area (Å²) < 4.78 is 40.4. The molecule has 12 heteroatoms. The molecule has 0 saturated heterocycles. The van der Waals surface area contributed by atoms with E-state index in [0.717, 1.165) is 24.7 Å². The summed E-state index contributed by atoms with van der Waals surface area (Å²) in [4.78, 5) is 17.4. The molecule has 164 valence electrons. The molecule has 1 aliphatic rings. The first-order chi connectivity index (χ1) is 14.7. The zero-order chi connectivity index (χ0) is 22.2. The van der Waals surface area contributed by atoms with Crippen molar-refractivity contribution in [2.45, 2.75) is 48.8 Å². The van der Waals surface area contributed by atoms with Gasteiger partial charge in [-0.05, 0) is 37.3 Å². The summed E-state index contributed by atoms with van der Waals surface area (Å²) >= 11 is 8.77. The van der Waals surface area contributed by atoms with E-state index in [2.05, 4.69) is 25.1 Å². The number of thioether (sulfide) groups is 1. The van der Waals surface area contributed by atoms with Gasteiger partial charge >= 0.3 is 6.18 Å². The van der Waals surface area contributed by atoms with E-state index in [0.29, 0.717) is 23.8 Å². The molecular formula is C19H17ClF3N5OS2. The molecule has 0 bridgehead atoms. The topological polar surface area (TPSA) is 72.7 Å². The molecule has 31 heavy (non-hydrogen) atoms. The maximum Gasteiger partial charge on any atom is 0.417 e. The van der Waals surface area contributed by atoms with Gasteiger partial charge in [0.2, 0.25) is 5.91 Å². The van der Waals surface area contributed by atoms with E-state index in [1.807, 2.05) is 17.5 Å². The van der Waals surface area contributed by atoms with Gasteiger partial charge in [0, 0.05) is 23.5 Å². The second-order valence-electron chi connectivity index (χ2n) is 7.06. The van der Waals surface area contributed by atoms with Crippen LogP contribution < -0.4 is 5.32 Å². The summed E-state index contributed by atoms with van der Waals surface area (Å²) in [6.45, 7) is 1.68. The Labute approximate surface area is 189 Å². The van der Waals surface area contributed by atoms with Crippen LogP contribution in [0.5, 0.6) is 0 Å². The number of hydrogen-bond acceptors (Lipinski definition) is 6. The highest BCUT2D eigenvalue weighted by Gasteiger charge is 2.33. The zero-order valence-corrected chi connectivity index (χ0v) is 18.6. The van der Waals surface area contributed by atoms with Crippen LogP contribution in [0.1, 0.15) is 42.1 Å². The van der Waals surface area contributed by atoms with Crippen LogP contribution in [0, 0.1) is 0 Å². The van der Waals surface area contributed by atoms with Crippen LogP contribution in [0.2, 0.25) is 5.02 Å². The number of nitrogens with zero attached hydrogens (tertiary/aromatic N) is 4. The molecule has 1 saturated carbocycles. The number of carbonyl (C=O) groups excluding carboxylic acids is 1. The third-order valence-corrected chi connectivity index (χ3v) is 6.84. The number of rotatable bonds is 7. The minimum absolute atomic E-state index is 0.117. The van der Waals surface area contributed by atoms with Crippen LogP contribution in [0.15, 0.2) is 34.9 Å². The Balaban J connectivity index is 1.45. The van der Waals surface area contributed by atoms with Crippen LogP contribution in [0.4, 0.5) is 19.0 Å². The molecule has 0 aliphatic heterocycles. The molecule has 0 aromatic carbocycles. The van der Waals surface area contributed by atoms with Gasteiger partial charge in [-0.3, -0.25) is 4.79 Å². The van der Waals surface area contributed by atoms with Gasteiger partial charge in [0.05, 0.1) is 15.8 Å². The Kier molecular flexibility index (Phi) is 6.27. The van der Waals surface area contributed by atoms with Crippen LogP contribution in [0.25, 0.3) is 0 Å². The summed E-state index contributed by atoms with van der Waals surface area (Å²) in [5.41, 5.74) is -0.978. The SMILES string of the molecule is CC(Sc1nnc(Cc2cccs2)n1C1CC1)C(=O)Nc1ncc(C(F)(F)F)cc1Cl. The lowest BCUT2D eigenvalue weighted by atomic mass is 10.2. The molecular weight excluding hydrogens is 471 g/mol. The van der Waals surface area contributed by atoms with Crippen molar-refractivity contribution in [3.63, 3.8) is 0 Å². The maximum atomic E-state index is 12.8. The lowest BCUT2D eigenvalue weighted by molar-refractivity contribution is -0.137. The Bertz CT molecular complexity index is 1080. The number of anilines is 1. The van der Waals surface area contributed by atoms with Crippen molar-refractivity contribution >= 4 is 46.4 Å². The summed E-state index contributed by atoms with van der Waals surface area (Å²) in [6.07, 6.45) is -1.17. The molecule has 3 aromatic heterocycles. The standard InChI is InChI=1S/C19H17ClF3N5OS2/c1-10(17(29)25-16-14(20)7-11(9-24-16)19(21,22)23)31-18-27-26-15(28(18)12-4-5-12)8-13-3-2-6-30-13/h2-3,6-7,9-10,12H,4-5,8H2,1H3,(H,24,25,29). The molecule has 1 atom stereocenters. The average Bonchev–Trinajstić information content (AvgIpc) is 3.26. The number of hydrogen-bond donors (Lipinski definition) is 1. The highest BCUT2D eigenvalue weighted by atomic mass is 35.5. The molecule has 3 aromatic rings. The van der Waals surface area contributed by atoms with Gasteiger partial charge in [-0.15, -0.1) is 21.5 Å². The molecule has 0 radical (unpaired) electrons. The monoisotopic (exact) mass is 487 g/mol. The zero-order valence-electron chi connectivity index (χ0n) is 16.2. The van der Waals surface area contributed by atoms with E-state index in [1.165, 1.54) is 16.6 Å². The van der Waals surface area contributed by atoms with Crippen molar-refractivity contribution in [3.05, 3.63) is 51.1 Å². The summed E-state index contributed by atoms with van der Waals surface area (Å²) in [5.74, 6) is 0.297. The number of halogens is 4. The Hall–Kier alpha value is -2.11. The molecule has 1 amide bonds. The number of carbonyl (C=O) groups is 1. The summed E-state index contributed by atoms with van der Waals surface area (Å²) in [7, 11) is 0. The first kappa shape index (κ1) is 22.1. The van der Waals surface area contributed by atoms with Crippen molar-refractivity contribution < 1.29 is 18.0 Å². The van der Waals surface area contributed by atoms with Gasteiger partial charge in [-0.2, -0.15) is 13.2 Å². The van der Waals surface area contributed by atoms with E-state index in [-0.39, 0.29) is 10.8 Å². The van der Waals surface area contributed by atoms with Gasteiger partial charge in [0.15, 0.2) is 11.0 Å². The van der Waals surface area contributed by atoms with Crippen molar-refractivity contribution in [1.29, 1.82) is 0 Å². The first-order valence-electron chi connectivity index (χ1n) is 9.39. The van der Waals surface area contributed by atoms with Crippen molar-refractivity contribution in [3.8, 4) is 0 Å². The summed E-state index contributed by atoms with van der Waals surface area (Å²) in [5, 5.41) is 12.9. The third-order valence-electron chi connectivity index (χ3n) is 4.62. The third kappa shape index (κ3) is 5.21. The average molecular weight is 488 g/mol. The van der Waals surface area contributed by atoms with E-state index < -0.39 is 22.9 Å². The predicted octanol–water partition coefficient (Wildman–Crippen LogP) is 5.45. The van der Waals surface area contributed by atoms with E-state index in [1.54, 1.807) is 18.3 Å². The maximum absolute atomic E-state index is 12.8. The minimum atomic E-state index is -4.56. The van der Waals surface area contributed by atoms with Crippen LogP contribution in [-0.4, -0.2) is 30.9 Å². The normalized spacial score (nSPS) is 15.1. The van der Waals surface area contributed by atoms with Crippen LogP contribution in [-0.2, 0) is 17.4 Å². The fraction of sp³-hybridized carbons (Fsp3) is 0.368. The van der Waals surface area contributed by atoms with Crippen LogP contribution >= 0.6 is 34.7 Å². The Morgan fingerprint density at radius 1 is 1.42 bits per heavy atom. The van der Waals surface area contributed by atoms with Crippen molar-refractivity contribution in [1.82, 2.24) is 19.7 Å². The molecule has 1 N–H and O–H groups in total. The fourth-order valence-electron chi connectivity index (χ4n) is 2.89. The molecule has 6 nitrogen and oxygen atoms in total. The lowest BCUT2D eigenvalue weighted by Gasteiger charge is -2.14. The fourth-order valence-corrected chi connectivity index (χ4v) is 4.74. The molecule has 3 heterocycles. The highest BCUT2D eigenvalue weighted by Crippen LogP contribution is 2.40. The molecule has 4 rings (SSSR count). The number of alkyl halides is 3. The number of thiophene rings is 1. The Morgan fingerprint density at radius 2 is 2.19 bits per heavy atom.